The Balaban J connectivity index is 1.44. The summed E-state index contributed by atoms with van der Waals surface area (Å²) in [7, 11) is 0. The number of rotatable bonds is 1. The summed E-state index contributed by atoms with van der Waals surface area (Å²) in [6, 6.07) is 45.8. The van der Waals surface area contributed by atoms with Gasteiger partial charge in [-0.05, 0) is 58.0 Å². The maximum atomic E-state index is 5.26. The van der Waals surface area contributed by atoms with Crippen molar-refractivity contribution in [3.8, 4) is 39.1 Å². The first-order valence-electron chi connectivity index (χ1n) is 13.0. The summed E-state index contributed by atoms with van der Waals surface area (Å²) in [5, 5.41) is 2.55. The van der Waals surface area contributed by atoms with Crippen molar-refractivity contribution in [2.75, 3.05) is 4.90 Å². The van der Waals surface area contributed by atoms with Crippen molar-refractivity contribution >= 4 is 39.1 Å². The number of benzene rings is 6. The van der Waals surface area contributed by atoms with Crippen LogP contribution in [0, 0.1) is 0 Å². The van der Waals surface area contributed by atoms with Crippen molar-refractivity contribution < 1.29 is 0 Å². The Hall–Kier alpha value is -5.15. The molecule has 0 N–H and O–H groups in total. The standard InChI is InChI=1S/C35H21N3/c1-2-11-23-22(10-1)26-14-9-15-28-32(21-20-27(23)34(26)28)37-30-17-6-3-12-24(30)25-13-4-7-18-31(25)38-33-19-8-5-16-29(33)36-35(37)38/h1-21H. The molecular formula is C35H21N3. The first kappa shape index (κ1) is 20.0. The Morgan fingerprint density at radius 3 is 1.84 bits per heavy atom. The van der Waals surface area contributed by atoms with Crippen molar-refractivity contribution in [2.24, 2.45) is 0 Å². The van der Waals surface area contributed by atoms with E-state index in [1.165, 1.54) is 44.2 Å². The minimum absolute atomic E-state index is 0.903. The van der Waals surface area contributed by atoms with Gasteiger partial charge in [-0.25, -0.2) is 4.98 Å². The van der Waals surface area contributed by atoms with Crippen LogP contribution < -0.4 is 4.90 Å². The first-order chi connectivity index (χ1) is 18.9. The number of aromatic nitrogens is 2. The average Bonchev–Trinajstić information content (AvgIpc) is 3.48. The number of anilines is 3. The van der Waals surface area contributed by atoms with Crippen LogP contribution in [0.3, 0.4) is 0 Å². The number of hydrogen-bond acceptors (Lipinski definition) is 2. The molecule has 176 valence electrons. The van der Waals surface area contributed by atoms with Gasteiger partial charge in [0.1, 0.15) is 0 Å². The van der Waals surface area contributed by atoms with Crippen LogP contribution in [0.4, 0.5) is 17.3 Å². The molecule has 3 nitrogen and oxygen atoms in total. The maximum absolute atomic E-state index is 5.26. The van der Waals surface area contributed by atoms with Gasteiger partial charge in [0.15, 0.2) is 0 Å². The average molecular weight is 484 g/mol. The molecule has 0 bridgehead atoms. The zero-order chi connectivity index (χ0) is 24.8. The summed E-state index contributed by atoms with van der Waals surface area (Å²) in [4.78, 5) is 7.63. The molecule has 6 aromatic carbocycles. The number of imidazole rings is 1. The number of hydrogen-bond donors (Lipinski definition) is 0. The molecule has 0 atom stereocenters. The van der Waals surface area contributed by atoms with Gasteiger partial charge in [0.25, 0.3) is 0 Å². The van der Waals surface area contributed by atoms with E-state index in [0.717, 1.165) is 34.0 Å². The number of para-hydroxylation sites is 4. The molecule has 1 aliphatic carbocycles. The van der Waals surface area contributed by atoms with Crippen LogP contribution >= 0.6 is 0 Å². The number of fused-ring (bicyclic) bond motifs is 10. The van der Waals surface area contributed by atoms with E-state index in [4.69, 9.17) is 4.98 Å². The Bertz CT molecular complexity index is 2070. The van der Waals surface area contributed by atoms with Crippen molar-refractivity contribution in [2.45, 2.75) is 0 Å². The first-order valence-corrected chi connectivity index (χ1v) is 13.0. The van der Waals surface area contributed by atoms with Gasteiger partial charge < -0.3 is 0 Å². The zero-order valence-electron chi connectivity index (χ0n) is 20.5. The Morgan fingerprint density at radius 1 is 0.421 bits per heavy atom. The van der Waals surface area contributed by atoms with Crippen LogP contribution in [0.5, 0.6) is 0 Å². The molecule has 0 radical (unpaired) electrons. The van der Waals surface area contributed by atoms with Gasteiger partial charge in [0, 0.05) is 16.5 Å². The minimum Gasteiger partial charge on any atom is -0.279 e. The lowest BCUT2D eigenvalue weighted by atomic mass is 9.99. The molecule has 0 saturated heterocycles. The van der Waals surface area contributed by atoms with E-state index < -0.39 is 0 Å². The highest BCUT2D eigenvalue weighted by Gasteiger charge is 2.31. The van der Waals surface area contributed by atoms with Gasteiger partial charge in [-0.2, -0.15) is 0 Å². The Kier molecular flexibility index (Phi) is 3.79. The molecule has 7 aromatic rings. The van der Waals surface area contributed by atoms with E-state index >= 15 is 0 Å². The van der Waals surface area contributed by atoms with Crippen LogP contribution in [0.15, 0.2) is 127 Å². The van der Waals surface area contributed by atoms with E-state index in [-0.39, 0.29) is 0 Å². The summed E-state index contributed by atoms with van der Waals surface area (Å²) in [5.41, 5.74) is 13.1. The van der Waals surface area contributed by atoms with Crippen LogP contribution in [-0.2, 0) is 0 Å². The van der Waals surface area contributed by atoms with Gasteiger partial charge >= 0.3 is 0 Å². The predicted molar refractivity (Wildman–Crippen MR) is 157 cm³/mol. The fraction of sp³-hybridized carbons (Fsp3) is 0. The molecular weight excluding hydrogens is 462 g/mol. The fourth-order valence-electron chi connectivity index (χ4n) is 6.53. The summed E-state index contributed by atoms with van der Waals surface area (Å²) < 4.78 is 2.32. The van der Waals surface area contributed by atoms with Crippen LogP contribution in [0.25, 0.3) is 60.9 Å². The van der Waals surface area contributed by atoms with Gasteiger partial charge in [0.2, 0.25) is 5.95 Å². The van der Waals surface area contributed by atoms with Gasteiger partial charge in [0.05, 0.1) is 28.1 Å². The normalized spacial score (nSPS) is 12.7. The van der Waals surface area contributed by atoms with E-state index in [9.17, 15) is 0 Å². The largest absolute Gasteiger partial charge is 0.279 e. The SMILES string of the molecule is c1ccc2c(c1)-c1cccc3c(N4c5ccccc5-c5ccccc5-n5c4nc4ccccc45)ccc-2c13. The molecule has 0 fully saturated rings. The van der Waals surface area contributed by atoms with Crippen LogP contribution in [-0.4, -0.2) is 9.55 Å². The van der Waals surface area contributed by atoms with E-state index in [1.54, 1.807) is 0 Å². The summed E-state index contributed by atoms with van der Waals surface area (Å²) in [5.74, 6) is 0.903. The Labute approximate surface area is 219 Å². The van der Waals surface area contributed by atoms with E-state index in [1.807, 2.05) is 0 Å². The highest BCUT2D eigenvalue weighted by Crippen LogP contribution is 2.53. The lowest BCUT2D eigenvalue weighted by Gasteiger charge is -2.26. The van der Waals surface area contributed by atoms with Crippen molar-refractivity contribution in [3.63, 3.8) is 0 Å². The highest BCUT2D eigenvalue weighted by atomic mass is 15.3. The second kappa shape index (κ2) is 7.21. The molecule has 2 heterocycles. The molecule has 2 aliphatic rings. The monoisotopic (exact) mass is 483 g/mol. The van der Waals surface area contributed by atoms with Crippen LogP contribution in [0.2, 0.25) is 0 Å². The summed E-state index contributed by atoms with van der Waals surface area (Å²) >= 11 is 0. The molecule has 0 amide bonds. The zero-order valence-corrected chi connectivity index (χ0v) is 20.5. The van der Waals surface area contributed by atoms with Crippen molar-refractivity contribution in [1.82, 2.24) is 9.55 Å². The van der Waals surface area contributed by atoms with E-state index in [0.29, 0.717) is 0 Å². The van der Waals surface area contributed by atoms with Crippen molar-refractivity contribution in [1.29, 1.82) is 0 Å². The second-order valence-electron chi connectivity index (χ2n) is 10.0. The molecule has 0 spiro atoms. The van der Waals surface area contributed by atoms with Crippen LogP contribution in [0.1, 0.15) is 0 Å². The molecule has 9 rings (SSSR count). The maximum Gasteiger partial charge on any atom is 0.220 e. The van der Waals surface area contributed by atoms with Gasteiger partial charge in [-0.15, -0.1) is 0 Å². The third-order valence-corrected chi connectivity index (χ3v) is 8.09. The predicted octanol–water partition coefficient (Wildman–Crippen LogP) is 9.28. The smallest absolute Gasteiger partial charge is 0.220 e. The summed E-state index contributed by atoms with van der Waals surface area (Å²) in [6.07, 6.45) is 0. The lowest BCUT2D eigenvalue weighted by Crippen LogP contribution is -2.14. The molecule has 1 aromatic heterocycles. The molecule has 0 unspecified atom stereocenters. The van der Waals surface area contributed by atoms with Gasteiger partial charge in [-0.1, -0.05) is 97.1 Å². The fourth-order valence-corrected chi connectivity index (χ4v) is 6.53. The summed E-state index contributed by atoms with van der Waals surface area (Å²) in [6.45, 7) is 0. The third kappa shape index (κ3) is 2.45. The molecule has 0 saturated carbocycles. The van der Waals surface area contributed by atoms with Crippen molar-refractivity contribution in [3.05, 3.63) is 127 Å². The minimum atomic E-state index is 0.903. The third-order valence-electron chi connectivity index (χ3n) is 8.09. The molecule has 38 heavy (non-hydrogen) atoms. The number of nitrogens with zero attached hydrogens (tertiary/aromatic N) is 3. The second-order valence-corrected chi connectivity index (χ2v) is 10.0. The quantitative estimate of drug-likeness (QED) is 0.232. The molecule has 3 heteroatoms. The topological polar surface area (TPSA) is 21.1 Å². The van der Waals surface area contributed by atoms with E-state index in [2.05, 4.69) is 137 Å². The lowest BCUT2D eigenvalue weighted by molar-refractivity contribution is 1.05. The Morgan fingerprint density at radius 2 is 1.03 bits per heavy atom. The molecule has 1 aliphatic heterocycles. The highest BCUT2D eigenvalue weighted by molar-refractivity contribution is 6.19. The van der Waals surface area contributed by atoms with Gasteiger partial charge in [-0.3, -0.25) is 9.47 Å².